The van der Waals surface area contributed by atoms with Gasteiger partial charge in [0, 0.05) is 4.90 Å². The molecule has 18 heavy (non-hydrogen) atoms. The van der Waals surface area contributed by atoms with Gasteiger partial charge in [-0.25, -0.2) is 8.57 Å². The zero-order valence-electron chi connectivity index (χ0n) is 9.37. The third-order valence-corrected chi connectivity index (χ3v) is 4.74. The van der Waals surface area contributed by atoms with Crippen molar-refractivity contribution in [3.63, 3.8) is 0 Å². The highest BCUT2D eigenvalue weighted by Gasteiger charge is 2.27. The summed E-state index contributed by atoms with van der Waals surface area (Å²) >= 11 is 1.14. The van der Waals surface area contributed by atoms with Gasteiger partial charge in [0.2, 0.25) is 0 Å². The molecule has 1 atom stereocenters. The van der Waals surface area contributed by atoms with E-state index in [-0.39, 0.29) is 4.90 Å². The van der Waals surface area contributed by atoms with Crippen LogP contribution in [-0.4, -0.2) is 25.4 Å². The maximum Gasteiger partial charge on any atom is 0.535 e. The van der Waals surface area contributed by atoms with Crippen molar-refractivity contribution in [1.29, 1.82) is 0 Å². The van der Waals surface area contributed by atoms with Crippen LogP contribution < -0.4 is 0 Å². The van der Waals surface area contributed by atoms with E-state index in [1.54, 1.807) is 6.92 Å². The molecule has 100 valence electrons. The Kier molecular flexibility index (Phi) is 5.68. The standard InChI is InChI=1S/C9H10FO5PS2/c1-2-17-8-5-3-4-7(10)9(8)18(13,14)15-6-16(11)12/h3-5H,2,6H2,1H3/p+1. The van der Waals surface area contributed by atoms with Crippen molar-refractivity contribution in [2.24, 2.45) is 0 Å². The van der Waals surface area contributed by atoms with E-state index >= 15 is 0 Å². The summed E-state index contributed by atoms with van der Waals surface area (Å²) in [7, 11) is -7.14. The minimum absolute atomic E-state index is 0.214. The van der Waals surface area contributed by atoms with Crippen molar-refractivity contribution in [2.45, 2.75) is 16.7 Å². The predicted octanol–water partition coefficient (Wildman–Crippen LogP) is 2.34. The van der Waals surface area contributed by atoms with Crippen LogP contribution in [0.4, 0.5) is 4.39 Å². The van der Waals surface area contributed by atoms with Crippen LogP contribution in [-0.2, 0) is 18.9 Å². The molecule has 0 aromatic heterocycles. The summed E-state index contributed by atoms with van der Waals surface area (Å²) < 4.78 is 51.8. The predicted molar refractivity (Wildman–Crippen MR) is 65.8 cm³/mol. The molecule has 0 amide bonds. The van der Waals surface area contributed by atoms with Crippen LogP contribution in [0.2, 0.25) is 0 Å². The van der Waals surface area contributed by atoms with Gasteiger partial charge in [-0.3, -0.25) is 0 Å². The molecule has 5 nitrogen and oxygen atoms in total. The Morgan fingerprint density at radius 1 is 1.50 bits per heavy atom. The summed E-state index contributed by atoms with van der Waals surface area (Å²) in [6, 6.07) is 3.83. The minimum atomic E-state index is -4.38. The summed E-state index contributed by atoms with van der Waals surface area (Å²) in [4.78, 5) is 8.15. The van der Waals surface area contributed by atoms with Gasteiger partial charge < -0.3 is 0 Å². The van der Waals surface area contributed by atoms with Crippen LogP contribution in [0, 0.1) is 5.82 Å². The van der Waals surface area contributed by atoms with Gasteiger partial charge >= 0.3 is 18.1 Å². The Morgan fingerprint density at radius 2 is 2.17 bits per heavy atom. The van der Waals surface area contributed by atoms with E-state index in [9.17, 15) is 17.4 Å². The highest BCUT2D eigenvalue weighted by molar-refractivity contribution is 8.00. The first-order valence-electron chi connectivity index (χ1n) is 4.82. The fourth-order valence-corrected chi connectivity index (χ4v) is 4.03. The summed E-state index contributed by atoms with van der Waals surface area (Å²) in [5.41, 5.74) is 0. The zero-order chi connectivity index (χ0) is 13.8. The highest BCUT2D eigenvalue weighted by atomic mass is 32.2. The van der Waals surface area contributed by atoms with Gasteiger partial charge in [-0.1, -0.05) is 13.0 Å². The van der Waals surface area contributed by atoms with Gasteiger partial charge in [0.05, 0.1) is 0 Å². The largest absolute Gasteiger partial charge is 0.535 e. The zero-order valence-corrected chi connectivity index (χ0v) is 11.9. The van der Waals surface area contributed by atoms with Crippen LogP contribution in [0.5, 0.6) is 0 Å². The van der Waals surface area contributed by atoms with Gasteiger partial charge in [0.25, 0.3) is 6.35 Å². The van der Waals surface area contributed by atoms with E-state index in [4.69, 9.17) is 4.89 Å². The molecule has 0 aliphatic carbocycles. The van der Waals surface area contributed by atoms with Crippen LogP contribution in [0.15, 0.2) is 28.0 Å². The van der Waals surface area contributed by atoms with E-state index in [2.05, 4.69) is 4.18 Å². The first-order chi connectivity index (χ1) is 8.38. The lowest BCUT2D eigenvalue weighted by Crippen LogP contribution is -2.09. The number of hydrogen-bond donors (Lipinski definition) is 1. The van der Waals surface area contributed by atoms with Crippen molar-refractivity contribution >= 4 is 29.9 Å². The lowest BCUT2D eigenvalue weighted by atomic mass is 10.3. The fourth-order valence-electron chi connectivity index (χ4n) is 1.17. The molecular weight excluding hydrogens is 302 g/mol. The molecule has 1 rings (SSSR count). The van der Waals surface area contributed by atoms with Gasteiger partial charge in [0.15, 0.2) is 0 Å². The van der Waals surface area contributed by atoms with E-state index in [0.717, 1.165) is 17.8 Å². The topological polar surface area (TPSA) is 80.7 Å². The number of halogens is 1. The third-order valence-electron chi connectivity index (χ3n) is 1.80. The second-order valence-electron chi connectivity index (χ2n) is 3.05. The first kappa shape index (κ1) is 15.5. The summed E-state index contributed by atoms with van der Waals surface area (Å²) in [5, 5.41) is 0. The van der Waals surface area contributed by atoms with E-state index in [1.165, 1.54) is 12.1 Å². The molecule has 0 saturated heterocycles. The molecule has 0 spiro atoms. The number of benzene rings is 1. The monoisotopic (exact) mass is 313 g/mol. The van der Waals surface area contributed by atoms with Crippen LogP contribution in [0.1, 0.15) is 6.92 Å². The van der Waals surface area contributed by atoms with Crippen molar-refractivity contribution in [3.8, 4) is 0 Å². The lowest BCUT2D eigenvalue weighted by Gasteiger charge is -2.08. The molecule has 0 heterocycles. The molecule has 1 aromatic rings. The molecular formula is C9H11FO5PS2+. The average Bonchev–Trinajstić information content (AvgIpc) is 2.27. The van der Waals surface area contributed by atoms with Crippen LogP contribution in [0.3, 0.4) is 0 Å². The summed E-state index contributed by atoms with van der Waals surface area (Å²) in [6.07, 6.45) is -0.887. The van der Waals surface area contributed by atoms with Crippen LogP contribution >= 0.6 is 19.8 Å². The average molecular weight is 313 g/mol. The van der Waals surface area contributed by atoms with E-state index < -0.39 is 35.2 Å². The molecule has 0 aliphatic rings. The second-order valence-corrected chi connectivity index (χ2v) is 6.87. The van der Waals surface area contributed by atoms with Crippen molar-refractivity contribution in [2.75, 3.05) is 12.1 Å². The number of rotatable bonds is 6. The van der Waals surface area contributed by atoms with Gasteiger partial charge in [-0.2, -0.15) is 13.3 Å². The number of thioether (sulfide) groups is 1. The van der Waals surface area contributed by atoms with Crippen LogP contribution in [0.25, 0.3) is 0 Å². The molecule has 1 unspecified atom stereocenters. The fraction of sp³-hybridized carbons (Fsp3) is 0.333. The second kappa shape index (κ2) is 6.58. The van der Waals surface area contributed by atoms with Gasteiger partial charge in [-0.05, 0) is 22.5 Å². The minimum Gasteiger partial charge on any atom is -0.213 e. The molecule has 0 radical (unpaired) electrons. The molecule has 0 fully saturated rings. The SMILES string of the molecule is CCSc1cccc(F)c1S(=O)(=O)OC[P+](=O)O. The Labute approximate surface area is 109 Å². The Hall–Kier alpha value is -0.530. The number of hydrogen-bond acceptors (Lipinski definition) is 5. The maximum absolute atomic E-state index is 13.6. The van der Waals surface area contributed by atoms with E-state index in [1.807, 2.05) is 0 Å². The smallest absolute Gasteiger partial charge is 0.213 e. The first-order valence-corrected chi connectivity index (χ1v) is 8.62. The Morgan fingerprint density at radius 3 is 2.72 bits per heavy atom. The van der Waals surface area contributed by atoms with Crippen molar-refractivity contribution in [1.82, 2.24) is 0 Å². The quantitative estimate of drug-likeness (QED) is 0.493. The highest BCUT2D eigenvalue weighted by Crippen LogP contribution is 2.30. The molecule has 0 saturated carbocycles. The molecule has 0 aliphatic heterocycles. The lowest BCUT2D eigenvalue weighted by molar-refractivity contribution is 0.351. The summed E-state index contributed by atoms with van der Waals surface area (Å²) in [5.74, 6) is -0.387. The van der Waals surface area contributed by atoms with Gasteiger partial charge in [0.1, 0.15) is 10.7 Å². The van der Waals surface area contributed by atoms with Crippen molar-refractivity contribution in [3.05, 3.63) is 24.0 Å². The normalized spacial score (nSPS) is 12.5. The maximum atomic E-state index is 13.6. The summed E-state index contributed by atoms with van der Waals surface area (Å²) in [6.45, 7) is 1.79. The molecule has 9 heteroatoms. The Bertz CT molecular complexity index is 546. The molecule has 1 aromatic carbocycles. The van der Waals surface area contributed by atoms with E-state index in [0.29, 0.717) is 5.75 Å². The molecule has 1 N–H and O–H groups in total. The Balaban J connectivity index is 3.17. The van der Waals surface area contributed by atoms with Crippen molar-refractivity contribution < 1.29 is 26.4 Å². The third kappa shape index (κ3) is 4.00. The molecule has 0 bridgehead atoms. The van der Waals surface area contributed by atoms with Gasteiger partial charge in [-0.15, -0.1) is 11.8 Å².